The summed E-state index contributed by atoms with van der Waals surface area (Å²) in [4.78, 5) is 2.25. The van der Waals surface area contributed by atoms with Crippen LogP contribution in [0.15, 0.2) is 36.5 Å². The number of nitrogens with zero attached hydrogens (tertiary/aromatic N) is 4. The first-order valence-corrected chi connectivity index (χ1v) is 6.12. The summed E-state index contributed by atoms with van der Waals surface area (Å²) < 4.78 is 1.74. The van der Waals surface area contributed by atoms with Crippen LogP contribution in [-0.2, 0) is 7.05 Å². The van der Waals surface area contributed by atoms with Gasteiger partial charge in [0, 0.05) is 32.9 Å². The Morgan fingerprint density at radius 1 is 1.28 bits per heavy atom. The zero-order chi connectivity index (χ0) is 12.8. The van der Waals surface area contributed by atoms with Gasteiger partial charge in [-0.15, -0.1) is 5.10 Å². The molecule has 0 radical (unpaired) electrons. The normalized spacial score (nSPS) is 10.3. The maximum absolute atomic E-state index is 3.87. The van der Waals surface area contributed by atoms with Gasteiger partial charge in [0.15, 0.2) is 0 Å². The summed E-state index contributed by atoms with van der Waals surface area (Å²) in [5.41, 5.74) is 1.25. The van der Waals surface area contributed by atoms with Crippen molar-refractivity contribution in [2.24, 2.45) is 7.05 Å². The Labute approximate surface area is 107 Å². The summed E-state index contributed by atoms with van der Waals surface area (Å²) in [6.45, 7) is 1.93. The predicted octanol–water partition coefficient (Wildman–Crippen LogP) is 1.75. The van der Waals surface area contributed by atoms with Gasteiger partial charge in [0.1, 0.15) is 5.82 Å². The number of aromatic nitrogens is 3. The lowest BCUT2D eigenvalue weighted by Gasteiger charge is -2.19. The van der Waals surface area contributed by atoms with Crippen molar-refractivity contribution in [3.63, 3.8) is 0 Å². The number of benzene rings is 1. The molecule has 96 valence electrons. The number of hydrogen-bond acceptors (Lipinski definition) is 4. The fraction of sp³-hybridized carbons (Fsp3) is 0.385. The van der Waals surface area contributed by atoms with Crippen LogP contribution in [0.2, 0.25) is 0 Å². The molecule has 1 aromatic heterocycles. The Morgan fingerprint density at radius 2 is 2.06 bits per heavy atom. The zero-order valence-electron chi connectivity index (χ0n) is 10.9. The zero-order valence-corrected chi connectivity index (χ0v) is 10.9. The summed E-state index contributed by atoms with van der Waals surface area (Å²) >= 11 is 0. The first-order valence-electron chi connectivity index (χ1n) is 6.12. The molecule has 0 spiro atoms. The van der Waals surface area contributed by atoms with Gasteiger partial charge in [-0.05, 0) is 18.6 Å². The van der Waals surface area contributed by atoms with E-state index in [-0.39, 0.29) is 0 Å². The van der Waals surface area contributed by atoms with Gasteiger partial charge in [0.05, 0.1) is 6.20 Å². The van der Waals surface area contributed by atoms with Crippen molar-refractivity contribution < 1.29 is 0 Å². The van der Waals surface area contributed by atoms with Crippen molar-refractivity contribution >= 4 is 11.5 Å². The maximum atomic E-state index is 3.87. The SMILES string of the molecule is CN(CCCNc1cnnn1C)c1ccccc1. The highest BCUT2D eigenvalue weighted by atomic mass is 15.4. The van der Waals surface area contributed by atoms with Gasteiger partial charge >= 0.3 is 0 Å². The third-order valence-electron chi connectivity index (χ3n) is 2.89. The quantitative estimate of drug-likeness (QED) is 0.788. The lowest BCUT2D eigenvalue weighted by Crippen LogP contribution is -2.21. The molecule has 0 fully saturated rings. The Bertz CT molecular complexity index is 465. The third kappa shape index (κ3) is 3.23. The van der Waals surface area contributed by atoms with Crippen LogP contribution in [0.3, 0.4) is 0 Å². The summed E-state index contributed by atoms with van der Waals surface area (Å²) in [6, 6.07) is 10.4. The van der Waals surface area contributed by atoms with Gasteiger partial charge in [-0.3, -0.25) is 0 Å². The molecule has 0 aliphatic heterocycles. The lowest BCUT2D eigenvalue weighted by molar-refractivity contribution is 0.713. The van der Waals surface area contributed by atoms with Crippen LogP contribution >= 0.6 is 0 Å². The van der Waals surface area contributed by atoms with Gasteiger partial charge in [-0.2, -0.15) is 0 Å². The van der Waals surface area contributed by atoms with Crippen molar-refractivity contribution in [3.05, 3.63) is 36.5 Å². The average Bonchev–Trinajstić information content (AvgIpc) is 2.81. The van der Waals surface area contributed by atoms with Crippen molar-refractivity contribution in [1.82, 2.24) is 15.0 Å². The largest absolute Gasteiger partial charge is 0.375 e. The minimum Gasteiger partial charge on any atom is -0.375 e. The summed E-state index contributed by atoms with van der Waals surface area (Å²) in [5, 5.41) is 11.0. The number of anilines is 2. The lowest BCUT2D eigenvalue weighted by atomic mass is 10.3. The summed E-state index contributed by atoms with van der Waals surface area (Å²) in [5.74, 6) is 0.956. The molecular formula is C13H19N5. The van der Waals surface area contributed by atoms with Crippen LogP contribution in [0.25, 0.3) is 0 Å². The van der Waals surface area contributed by atoms with E-state index in [0.29, 0.717) is 0 Å². The molecule has 0 amide bonds. The molecule has 0 bridgehead atoms. The third-order valence-corrected chi connectivity index (χ3v) is 2.89. The number of rotatable bonds is 6. The summed E-state index contributed by atoms with van der Waals surface area (Å²) in [6.07, 6.45) is 2.80. The molecule has 0 atom stereocenters. The molecule has 0 aliphatic carbocycles. The minimum absolute atomic E-state index is 0.915. The Kier molecular flexibility index (Phi) is 4.17. The van der Waals surface area contributed by atoms with E-state index in [0.717, 1.165) is 25.3 Å². The molecule has 1 heterocycles. The van der Waals surface area contributed by atoms with E-state index in [2.05, 4.69) is 51.8 Å². The van der Waals surface area contributed by atoms with Crippen LogP contribution in [0.4, 0.5) is 11.5 Å². The van der Waals surface area contributed by atoms with E-state index in [4.69, 9.17) is 0 Å². The van der Waals surface area contributed by atoms with Crippen molar-refractivity contribution in [2.75, 3.05) is 30.4 Å². The Hall–Kier alpha value is -2.04. The van der Waals surface area contributed by atoms with E-state index in [1.54, 1.807) is 10.9 Å². The molecule has 1 N–H and O–H groups in total. The second-order valence-electron chi connectivity index (χ2n) is 4.28. The molecule has 1 aromatic carbocycles. The van der Waals surface area contributed by atoms with Gasteiger partial charge in [0.2, 0.25) is 0 Å². The minimum atomic E-state index is 0.915. The predicted molar refractivity (Wildman–Crippen MR) is 73.8 cm³/mol. The fourth-order valence-electron chi connectivity index (χ4n) is 1.79. The van der Waals surface area contributed by atoms with Crippen molar-refractivity contribution in [2.45, 2.75) is 6.42 Å². The number of hydrogen-bond donors (Lipinski definition) is 1. The first-order chi connectivity index (χ1) is 8.77. The van der Waals surface area contributed by atoms with Gasteiger partial charge in [0.25, 0.3) is 0 Å². The molecule has 0 aliphatic rings. The van der Waals surface area contributed by atoms with Crippen LogP contribution in [0, 0.1) is 0 Å². The maximum Gasteiger partial charge on any atom is 0.144 e. The number of aryl methyl sites for hydroxylation is 1. The van der Waals surface area contributed by atoms with E-state index in [1.165, 1.54) is 5.69 Å². The molecule has 2 aromatic rings. The second-order valence-corrected chi connectivity index (χ2v) is 4.28. The molecule has 18 heavy (non-hydrogen) atoms. The van der Waals surface area contributed by atoms with E-state index in [9.17, 15) is 0 Å². The standard InChI is InChI=1S/C13H19N5/c1-17(12-7-4-3-5-8-12)10-6-9-14-13-11-15-16-18(13)2/h3-5,7-8,11,14H,6,9-10H2,1-2H3. The Morgan fingerprint density at radius 3 is 2.72 bits per heavy atom. The smallest absolute Gasteiger partial charge is 0.144 e. The van der Waals surface area contributed by atoms with Crippen molar-refractivity contribution in [3.8, 4) is 0 Å². The second kappa shape index (κ2) is 6.05. The molecule has 0 saturated carbocycles. The van der Waals surface area contributed by atoms with Crippen LogP contribution in [-0.4, -0.2) is 35.1 Å². The van der Waals surface area contributed by atoms with E-state index < -0.39 is 0 Å². The monoisotopic (exact) mass is 245 g/mol. The van der Waals surface area contributed by atoms with Crippen LogP contribution < -0.4 is 10.2 Å². The van der Waals surface area contributed by atoms with E-state index >= 15 is 0 Å². The van der Waals surface area contributed by atoms with Gasteiger partial charge < -0.3 is 10.2 Å². The van der Waals surface area contributed by atoms with Crippen LogP contribution in [0.1, 0.15) is 6.42 Å². The van der Waals surface area contributed by atoms with Gasteiger partial charge in [-0.1, -0.05) is 23.4 Å². The molecule has 2 rings (SSSR count). The van der Waals surface area contributed by atoms with E-state index in [1.807, 2.05) is 13.1 Å². The summed E-state index contributed by atoms with van der Waals surface area (Å²) in [7, 11) is 3.99. The molecule has 5 nitrogen and oxygen atoms in total. The highest BCUT2D eigenvalue weighted by Gasteiger charge is 2.00. The highest BCUT2D eigenvalue weighted by Crippen LogP contribution is 2.11. The number of nitrogens with one attached hydrogen (secondary N) is 1. The molecule has 0 unspecified atom stereocenters. The molecular weight excluding hydrogens is 226 g/mol. The highest BCUT2D eigenvalue weighted by molar-refractivity contribution is 5.44. The van der Waals surface area contributed by atoms with Crippen molar-refractivity contribution in [1.29, 1.82) is 0 Å². The molecule has 5 heteroatoms. The average molecular weight is 245 g/mol. The number of para-hydroxylation sites is 1. The van der Waals surface area contributed by atoms with Gasteiger partial charge in [-0.25, -0.2) is 4.68 Å². The Balaban J connectivity index is 1.71. The van der Waals surface area contributed by atoms with Crippen LogP contribution in [0.5, 0.6) is 0 Å². The molecule has 0 saturated heterocycles. The fourth-order valence-corrected chi connectivity index (χ4v) is 1.79. The topological polar surface area (TPSA) is 46.0 Å². The first kappa shape index (κ1) is 12.4.